The van der Waals surface area contributed by atoms with Crippen molar-refractivity contribution in [1.29, 1.82) is 0 Å². The van der Waals surface area contributed by atoms with Gasteiger partial charge in [-0.05, 0) is 12.8 Å². The Morgan fingerprint density at radius 3 is 3.22 bits per heavy atom. The number of amides is 1. The molecular weight excluding hydrogens is 254 g/mol. The van der Waals surface area contributed by atoms with Crippen LogP contribution in [-0.2, 0) is 17.8 Å². The highest BCUT2D eigenvalue weighted by atomic mass is 35.5. The lowest BCUT2D eigenvalue weighted by Gasteiger charge is -2.24. The number of hydrogen-bond acceptors (Lipinski definition) is 4. The summed E-state index contributed by atoms with van der Waals surface area (Å²) >= 11 is 0. The molecule has 0 fully saturated rings. The van der Waals surface area contributed by atoms with Gasteiger partial charge in [0.15, 0.2) is 0 Å². The molecule has 18 heavy (non-hydrogen) atoms. The molecular formula is C11H20ClN5O. The van der Waals surface area contributed by atoms with Crippen LogP contribution in [0.25, 0.3) is 0 Å². The highest BCUT2D eigenvalue weighted by Crippen LogP contribution is 2.11. The average molecular weight is 274 g/mol. The standard InChI is InChI=1S/C11H19N5O.ClH/c1-2-3-9(12)11(17)15-8-4-5-10-13-7-14-16(10)6-8;/h7-9H,2-6,12H2,1H3,(H,15,17);1H. The van der Waals surface area contributed by atoms with E-state index >= 15 is 0 Å². The van der Waals surface area contributed by atoms with E-state index < -0.39 is 6.04 Å². The molecule has 102 valence electrons. The molecule has 1 aromatic rings. The quantitative estimate of drug-likeness (QED) is 0.824. The van der Waals surface area contributed by atoms with E-state index in [1.165, 1.54) is 0 Å². The number of aryl methyl sites for hydroxylation is 1. The third-order valence-corrected chi connectivity index (χ3v) is 3.09. The molecule has 1 aromatic heterocycles. The maximum Gasteiger partial charge on any atom is 0.237 e. The molecule has 1 aliphatic rings. The third-order valence-electron chi connectivity index (χ3n) is 3.09. The van der Waals surface area contributed by atoms with Crippen LogP contribution in [0, 0.1) is 0 Å². The largest absolute Gasteiger partial charge is 0.350 e. The average Bonchev–Trinajstić information content (AvgIpc) is 2.76. The molecule has 0 aromatic carbocycles. The van der Waals surface area contributed by atoms with Gasteiger partial charge in [0.25, 0.3) is 0 Å². The van der Waals surface area contributed by atoms with Crippen molar-refractivity contribution in [3.8, 4) is 0 Å². The van der Waals surface area contributed by atoms with Gasteiger partial charge in [0.2, 0.25) is 5.91 Å². The van der Waals surface area contributed by atoms with Crippen molar-refractivity contribution in [2.75, 3.05) is 0 Å². The van der Waals surface area contributed by atoms with Gasteiger partial charge in [0, 0.05) is 12.5 Å². The molecule has 1 aliphatic heterocycles. The second kappa shape index (κ2) is 6.70. The minimum absolute atomic E-state index is 0. The van der Waals surface area contributed by atoms with Crippen LogP contribution >= 0.6 is 12.4 Å². The van der Waals surface area contributed by atoms with E-state index in [1.54, 1.807) is 6.33 Å². The Morgan fingerprint density at radius 2 is 2.50 bits per heavy atom. The summed E-state index contributed by atoms with van der Waals surface area (Å²) in [5, 5.41) is 7.10. The Morgan fingerprint density at radius 1 is 1.72 bits per heavy atom. The normalized spacial score (nSPS) is 19.6. The summed E-state index contributed by atoms with van der Waals surface area (Å²) in [4.78, 5) is 15.9. The van der Waals surface area contributed by atoms with Gasteiger partial charge in [-0.25, -0.2) is 9.67 Å². The molecule has 0 saturated carbocycles. The minimum atomic E-state index is -0.392. The summed E-state index contributed by atoms with van der Waals surface area (Å²) in [7, 11) is 0. The zero-order valence-electron chi connectivity index (χ0n) is 10.5. The number of aromatic nitrogens is 3. The monoisotopic (exact) mass is 273 g/mol. The number of nitrogens with zero attached hydrogens (tertiary/aromatic N) is 3. The van der Waals surface area contributed by atoms with Crippen LogP contribution < -0.4 is 11.1 Å². The Bertz CT molecular complexity index is 395. The molecule has 3 N–H and O–H groups in total. The van der Waals surface area contributed by atoms with E-state index in [-0.39, 0.29) is 24.4 Å². The van der Waals surface area contributed by atoms with Gasteiger partial charge in [-0.1, -0.05) is 13.3 Å². The van der Waals surface area contributed by atoms with E-state index in [1.807, 2.05) is 11.6 Å². The molecule has 6 nitrogen and oxygen atoms in total. The Labute approximate surface area is 113 Å². The smallest absolute Gasteiger partial charge is 0.237 e. The van der Waals surface area contributed by atoms with Gasteiger partial charge >= 0.3 is 0 Å². The highest BCUT2D eigenvalue weighted by Gasteiger charge is 2.23. The number of nitrogens with one attached hydrogen (secondary N) is 1. The van der Waals surface area contributed by atoms with Crippen LogP contribution in [-0.4, -0.2) is 32.8 Å². The first-order valence-corrected chi connectivity index (χ1v) is 6.13. The maximum atomic E-state index is 11.8. The molecule has 2 rings (SSSR count). The number of rotatable bonds is 4. The summed E-state index contributed by atoms with van der Waals surface area (Å²) in [5.74, 6) is 0.939. The SMILES string of the molecule is CCCC(N)C(=O)NC1CCc2ncnn2C1.Cl. The lowest BCUT2D eigenvalue weighted by Crippen LogP contribution is -2.48. The second-order valence-electron chi connectivity index (χ2n) is 4.50. The van der Waals surface area contributed by atoms with Crippen LogP contribution in [0.15, 0.2) is 6.33 Å². The predicted molar refractivity (Wildman–Crippen MR) is 70.4 cm³/mol. The van der Waals surface area contributed by atoms with E-state index in [0.717, 1.165) is 31.5 Å². The predicted octanol–water partition coefficient (Wildman–Crippen LogP) is 0.258. The van der Waals surface area contributed by atoms with Crippen molar-refractivity contribution in [2.45, 2.75) is 51.2 Å². The van der Waals surface area contributed by atoms with Crippen LogP contribution in [0.4, 0.5) is 0 Å². The second-order valence-corrected chi connectivity index (χ2v) is 4.50. The molecule has 1 amide bonds. The first kappa shape index (κ1) is 14.9. The number of carbonyl (C=O) groups excluding carboxylic acids is 1. The van der Waals surface area contributed by atoms with Crippen LogP contribution in [0.3, 0.4) is 0 Å². The van der Waals surface area contributed by atoms with Gasteiger partial charge in [0.1, 0.15) is 12.2 Å². The van der Waals surface area contributed by atoms with Crippen molar-refractivity contribution < 1.29 is 4.79 Å². The highest BCUT2D eigenvalue weighted by molar-refractivity contribution is 5.85. The molecule has 0 saturated heterocycles. The van der Waals surface area contributed by atoms with Gasteiger partial charge in [-0.15, -0.1) is 12.4 Å². The third kappa shape index (κ3) is 3.43. The van der Waals surface area contributed by atoms with Crippen molar-refractivity contribution in [3.63, 3.8) is 0 Å². The van der Waals surface area contributed by atoms with Crippen molar-refractivity contribution in [1.82, 2.24) is 20.1 Å². The molecule has 2 unspecified atom stereocenters. The molecule has 0 radical (unpaired) electrons. The minimum Gasteiger partial charge on any atom is -0.350 e. The number of carbonyl (C=O) groups is 1. The van der Waals surface area contributed by atoms with Crippen molar-refractivity contribution in [3.05, 3.63) is 12.2 Å². The molecule has 0 spiro atoms. The van der Waals surface area contributed by atoms with Crippen LogP contribution in [0.2, 0.25) is 0 Å². The van der Waals surface area contributed by atoms with Crippen LogP contribution in [0.1, 0.15) is 32.0 Å². The summed E-state index contributed by atoms with van der Waals surface area (Å²) in [5.41, 5.74) is 5.77. The van der Waals surface area contributed by atoms with E-state index in [2.05, 4.69) is 15.4 Å². The number of nitrogens with two attached hydrogens (primary N) is 1. The summed E-state index contributed by atoms with van der Waals surface area (Å²) in [6.07, 6.45) is 4.97. The Balaban J connectivity index is 0.00000162. The molecule has 7 heteroatoms. The van der Waals surface area contributed by atoms with E-state index in [9.17, 15) is 4.79 Å². The van der Waals surface area contributed by atoms with Crippen molar-refractivity contribution >= 4 is 18.3 Å². The Kier molecular flexibility index (Phi) is 5.55. The first-order chi connectivity index (χ1) is 8.20. The topological polar surface area (TPSA) is 85.8 Å². The van der Waals surface area contributed by atoms with E-state index in [0.29, 0.717) is 6.54 Å². The van der Waals surface area contributed by atoms with Crippen LogP contribution in [0.5, 0.6) is 0 Å². The van der Waals surface area contributed by atoms with Gasteiger partial charge < -0.3 is 11.1 Å². The molecule has 0 bridgehead atoms. The molecule has 2 atom stereocenters. The lowest BCUT2D eigenvalue weighted by molar-refractivity contribution is -0.123. The fourth-order valence-corrected chi connectivity index (χ4v) is 2.11. The zero-order chi connectivity index (χ0) is 12.3. The maximum absolute atomic E-state index is 11.8. The fraction of sp³-hybridized carbons (Fsp3) is 0.727. The van der Waals surface area contributed by atoms with Gasteiger partial charge in [-0.2, -0.15) is 5.10 Å². The number of fused-ring (bicyclic) bond motifs is 1. The number of halogens is 1. The lowest BCUT2D eigenvalue weighted by atomic mass is 10.1. The summed E-state index contributed by atoms with van der Waals surface area (Å²) < 4.78 is 1.85. The van der Waals surface area contributed by atoms with Gasteiger partial charge in [0.05, 0.1) is 12.6 Å². The summed E-state index contributed by atoms with van der Waals surface area (Å²) in [6, 6.07) is -0.267. The van der Waals surface area contributed by atoms with E-state index in [4.69, 9.17) is 5.73 Å². The first-order valence-electron chi connectivity index (χ1n) is 6.13. The Hall–Kier alpha value is -1.14. The van der Waals surface area contributed by atoms with Crippen molar-refractivity contribution in [2.24, 2.45) is 5.73 Å². The zero-order valence-corrected chi connectivity index (χ0v) is 11.3. The number of hydrogen-bond donors (Lipinski definition) is 2. The summed E-state index contributed by atoms with van der Waals surface area (Å²) in [6.45, 7) is 2.72. The molecule has 0 aliphatic carbocycles. The molecule has 2 heterocycles. The fourth-order valence-electron chi connectivity index (χ4n) is 2.11. The van der Waals surface area contributed by atoms with Gasteiger partial charge in [-0.3, -0.25) is 4.79 Å².